The Morgan fingerprint density at radius 3 is 0.958 bits per heavy atom. The molecule has 0 amide bonds. The molecule has 446 valence electrons. The Bertz CT molecular complexity index is 5510. The average molecular weight is 1250 g/mol. The van der Waals surface area contributed by atoms with E-state index in [4.69, 9.17) is 0 Å². The van der Waals surface area contributed by atoms with E-state index in [0.717, 1.165) is 95.4 Å². The molecule has 96 heavy (non-hydrogen) atoms. The number of anilines is 6. The monoisotopic (exact) mass is 1250 g/mol. The molecule has 5 heterocycles. The summed E-state index contributed by atoms with van der Waals surface area (Å²) in [5.74, 6) is 0. The Morgan fingerprint density at radius 2 is 0.552 bits per heavy atom. The van der Waals surface area contributed by atoms with Crippen molar-refractivity contribution >= 4 is 103 Å². The van der Waals surface area contributed by atoms with E-state index >= 15 is 0 Å². The smallest absolute Gasteiger partial charge is 0.252 e. The number of hydrogen-bond donors (Lipinski definition) is 0. The SMILES string of the molecule is c1ccc(-c2cc3c4c(c2)-c2ccccc2Sc2ccccc2-c2cccc(-c5ccccc5)c2N4c2cc(-n4c5ccccc5c5ccccc54)cc4c2B3c2cc(-c3ccccc3)cc3c2N4c2c(-c4ccccc4)cccc2-c2ccccc2Sc2ccccc2-3)cc1. The van der Waals surface area contributed by atoms with E-state index in [1.54, 1.807) is 0 Å². The van der Waals surface area contributed by atoms with Gasteiger partial charge < -0.3 is 14.4 Å². The maximum Gasteiger partial charge on any atom is 0.252 e. The lowest BCUT2D eigenvalue weighted by molar-refractivity contribution is 1.16. The van der Waals surface area contributed by atoms with E-state index < -0.39 is 0 Å². The van der Waals surface area contributed by atoms with Gasteiger partial charge in [-0.3, -0.25) is 0 Å². The highest BCUT2D eigenvalue weighted by atomic mass is 32.2. The van der Waals surface area contributed by atoms with Gasteiger partial charge in [0.25, 0.3) is 6.71 Å². The van der Waals surface area contributed by atoms with E-state index in [1.807, 2.05) is 23.5 Å². The minimum absolute atomic E-state index is 0.325. The second-order valence-electron chi connectivity index (χ2n) is 25.4. The van der Waals surface area contributed by atoms with Crippen molar-refractivity contribution in [2.24, 2.45) is 0 Å². The molecule has 3 nitrogen and oxygen atoms in total. The molecule has 20 rings (SSSR count). The van der Waals surface area contributed by atoms with Gasteiger partial charge >= 0.3 is 0 Å². The fourth-order valence-electron chi connectivity index (χ4n) is 16.1. The molecule has 0 radical (unpaired) electrons. The predicted octanol–water partition coefficient (Wildman–Crippen LogP) is 23.1. The summed E-state index contributed by atoms with van der Waals surface area (Å²) in [4.78, 5) is 10.3. The third kappa shape index (κ3) is 8.45. The highest BCUT2D eigenvalue weighted by Crippen LogP contribution is 2.60. The highest BCUT2D eigenvalue weighted by Gasteiger charge is 2.48. The van der Waals surface area contributed by atoms with Crippen LogP contribution in [0.3, 0.4) is 0 Å². The van der Waals surface area contributed by atoms with Crippen LogP contribution >= 0.6 is 23.5 Å². The van der Waals surface area contributed by atoms with Crippen molar-refractivity contribution in [3.63, 3.8) is 0 Å². The minimum atomic E-state index is -0.325. The predicted molar refractivity (Wildman–Crippen MR) is 407 cm³/mol. The second-order valence-corrected chi connectivity index (χ2v) is 27.5. The Kier molecular flexibility index (Phi) is 12.6. The normalized spacial score (nSPS) is 12.9. The fraction of sp³-hybridized carbons (Fsp3) is 0. The first-order chi connectivity index (χ1) is 47.7. The first kappa shape index (κ1) is 55.0. The van der Waals surface area contributed by atoms with Crippen LogP contribution in [0.5, 0.6) is 0 Å². The molecule has 4 aliphatic rings. The number of para-hydroxylation sites is 4. The third-order valence-electron chi connectivity index (χ3n) is 20.1. The zero-order valence-corrected chi connectivity index (χ0v) is 53.7. The van der Waals surface area contributed by atoms with Crippen LogP contribution < -0.4 is 26.2 Å². The fourth-order valence-corrected chi connectivity index (χ4v) is 18.3. The summed E-state index contributed by atoms with van der Waals surface area (Å²) < 4.78 is 2.55. The summed E-state index contributed by atoms with van der Waals surface area (Å²) >= 11 is 3.74. The molecule has 0 atom stereocenters. The van der Waals surface area contributed by atoms with Gasteiger partial charge in [-0.2, -0.15) is 0 Å². The van der Waals surface area contributed by atoms with Crippen LogP contribution in [0.4, 0.5) is 34.1 Å². The Labute approximate surface area is 567 Å². The molecule has 0 bridgehead atoms. The Morgan fingerprint density at radius 1 is 0.229 bits per heavy atom. The summed E-state index contributed by atoms with van der Waals surface area (Å²) in [6.07, 6.45) is 0. The third-order valence-corrected chi connectivity index (χ3v) is 22.4. The molecule has 4 aliphatic heterocycles. The molecule has 0 aliphatic carbocycles. The van der Waals surface area contributed by atoms with Gasteiger partial charge in [-0.25, -0.2) is 0 Å². The van der Waals surface area contributed by atoms with Crippen LogP contribution in [0.1, 0.15) is 0 Å². The van der Waals surface area contributed by atoms with Crippen LogP contribution in [-0.2, 0) is 0 Å². The van der Waals surface area contributed by atoms with E-state index in [9.17, 15) is 0 Å². The largest absolute Gasteiger partial charge is 0.309 e. The molecular formula is C90H56BN3S2. The van der Waals surface area contributed by atoms with E-state index in [-0.39, 0.29) is 6.71 Å². The molecular weight excluding hydrogens is 1200 g/mol. The van der Waals surface area contributed by atoms with Crippen molar-refractivity contribution in [1.29, 1.82) is 0 Å². The molecule has 0 fully saturated rings. The molecule has 0 spiro atoms. The van der Waals surface area contributed by atoms with Gasteiger partial charge in [0.15, 0.2) is 0 Å². The lowest BCUT2D eigenvalue weighted by Gasteiger charge is -2.47. The van der Waals surface area contributed by atoms with Crippen molar-refractivity contribution in [3.8, 4) is 94.7 Å². The molecule has 0 saturated heterocycles. The van der Waals surface area contributed by atoms with E-state index in [0.29, 0.717) is 0 Å². The molecule has 0 unspecified atom stereocenters. The number of rotatable bonds is 5. The quantitative estimate of drug-likeness (QED) is 0.159. The number of nitrogens with zero attached hydrogens (tertiary/aromatic N) is 3. The Balaban J connectivity index is 1.06. The minimum Gasteiger partial charge on any atom is -0.309 e. The van der Waals surface area contributed by atoms with Gasteiger partial charge in [-0.15, -0.1) is 0 Å². The summed E-state index contributed by atoms with van der Waals surface area (Å²) in [7, 11) is 0. The number of benzene rings is 15. The highest BCUT2D eigenvalue weighted by molar-refractivity contribution is 8.00. The van der Waals surface area contributed by atoms with Crippen molar-refractivity contribution in [2.75, 3.05) is 9.80 Å². The zero-order valence-electron chi connectivity index (χ0n) is 52.1. The topological polar surface area (TPSA) is 11.4 Å². The molecule has 15 aromatic carbocycles. The molecule has 6 heteroatoms. The second kappa shape index (κ2) is 22.0. The van der Waals surface area contributed by atoms with Gasteiger partial charge in [0.2, 0.25) is 0 Å². The van der Waals surface area contributed by atoms with Crippen molar-refractivity contribution in [3.05, 3.63) is 340 Å². The van der Waals surface area contributed by atoms with Crippen molar-refractivity contribution < 1.29 is 0 Å². The number of aromatic nitrogens is 1. The maximum absolute atomic E-state index is 2.76. The van der Waals surface area contributed by atoms with Crippen LogP contribution in [0.2, 0.25) is 0 Å². The van der Waals surface area contributed by atoms with Gasteiger partial charge in [0, 0.05) is 86.5 Å². The lowest BCUT2D eigenvalue weighted by Crippen LogP contribution is -2.62. The molecule has 16 aromatic rings. The van der Waals surface area contributed by atoms with E-state index in [2.05, 4.69) is 354 Å². The first-order valence-electron chi connectivity index (χ1n) is 33.0. The summed E-state index contributed by atoms with van der Waals surface area (Å²) in [5.41, 5.74) is 32.5. The molecule has 0 saturated carbocycles. The van der Waals surface area contributed by atoms with Gasteiger partial charge in [-0.05, 0) is 133 Å². The first-order valence-corrected chi connectivity index (χ1v) is 34.6. The summed E-state index contributed by atoms with van der Waals surface area (Å²) in [6.45, 7) is -0.325. The van der Waals surface area contributed by atoms with Crippen LogP contribution in [0.25, 0.3) is 117 Å². The van der Waals surface area contributed by atoms with Crippen LogP contribution in [0.15, 0.2) is 359 Å². The standard InChI is InChI=1S/C90H56BN3S2/c1-5-27-57(28-6-1)61-51-74-70-39-17-23-49-84(70)95-82-47-21-15-37-68(82)72-43-25-41-64(59-31-9-3-10-32-59)87(72)93-80-55-63(92-78-45-19-13-35-66(78)67-36-14-20-46-79(67)92)56-81-86(80)91(76(53-61)89(74)93)77-54-62(58-29-7-2-8-30-58)52-75-71-40-18-24-50-85(71)96-83-48-22-16-38-69(83)73-44-26-42-65(60-33-11-4-12-34-60)88(73)94(81)90(75)77/h1-56H. The molecule has 1 aromatic heterocycles. The van der Waals surface area contributed by atoms with Gasteiger partial charge in [-0.1, -0.05) is 303 Å². The summed E-state index contributed by atoms with van der Waals surface area (Å²) in [5, 5.41) is 2.42. The van der Waals surface area contributed by atoms with E-state index in [1.165, 1.54) is 91.3 Å². The van der Waals surface area contributed by atoms with Gasteiger partial charge in [0.05, 0.1) is 28.1 Å². The maximum atomic E-state index is 2.76. The number of fused-ring (bicyclic) bond motifs is 19. The van der Waals surface area contributed by atoms with Crippen LogP contribution in [0, 0.1) is 0 Å². The average Bonchev–Trinajstić information content (AvgIpc) is 0.887. The Hall–Kier alpha value is -11.5. The number of hydrogen-bond acceptors (Lipinski definition) is 4. The zero-order chi connectivity index (χ0) is 63.0. The summed E-state index contributed by atoms with van der Waals surface area (Å²) in [6, 6.07) is 128. The van der Waals surface area contributed by atoms with Crippen molar-refractivity contribution in [2.45, 2.75) is 19.6 Å². The van der Waals surface area contributed by atoms with Crippen LogP contribution in [-0.4, -0.2) is 11.3 Å². The van der Waals surface area contributed by atoms with Crippen molar-refractivity contribution in [1.82, 2.24) is 4.57 Å². The van der Waals surface area contributed by atoms with Gasteiger partial charge in [0.1, 0.15) is 0 Å². The molecule has 0 N–H and O–H groups in total. The lowest BCUT2D eigenvalue weighted by atomic mass is 9.33.